The molecule has 0 aromatic carbocycles. The molecule has 1 amide bonds. The fraction of sp³-hybridized carbons (Fsp3) is 0.909. The predicted molar refractivity (Wildman–Crippen MR) is 57.6 cm³/mol. The van der Waals surface area contributed by atoms with Crippen LogP contribution in [-0.4, -0.2) is 37.7 Å². The summed E-state index contributed by atoms with van der Waals surface area (Å²) in [6, 6.07) is 0.376. The minimum absolute atomic E-state index is 0.0423. The number of ether oxygens (including phenoxy) is 1. The Labute approximate surface area is 90.8 Å². The van der Waals surface area contributed by atoms with Crippen molar-refractivity contribution < 1.29 is 9.53 Å². The Hall–Kier alpha value is -0.610. The van der Waals surface area contributed by atoms with Gasteiger partial charge in [0.1, 0.15) is 6.61 Å². The quantitative estimate of drug-likeness (QED) is 0.704. The monoisotopic (exact) mass is 212 g/mol. The Morgan fingerprint density at radius 1 is 1.47 bits per heavy atom. The Morgan fingerprint density at radius 2 is 2.27 bits per heavy atom. The number of amides is 1. The van der Waals surface area contributed by atoms with Crippen LogP contribution in [0.5, 0.6) is 0 Å². The van der Waals surface area contributed by atoms with Crippen LogP contribution in [0.3, 0.4) is 0 Å². The van der Waals surface area contributed by atoms with Crippen molar-refractivity contribution in [3.63, 3.8) is 0 Å². The van der Waals surface area contributed by atoms with E-state index in [4.69, 9.17) is 4.74 Å². The van der Waals surface area contributed by atoms with Gasteiger partial charge in [0, 0.05) is 19.1 Å². The Morgan fingerprint density at radius 3 is 2.80 bits per heavy atom. The van der Waals surface area contributed by atoms with E-state index in [-0.39, 0.29) is 18.6 Å². The molecule has 0 aromatic rings. The minimum Gasteiger partial charge on any atom is -0.366 e. The zero-order valence-corrected chi connectivity index (χ0v) is 9.29. The summed E-state index contributed by atoms with van der Waals surface area (Å²) in [5, 5.41) is 6.16. The number of carbonyl (C=O) groups excluding carboxylic acids is 1. The molecular weight excluding hydrogens is 192 g/mol. The van der Waals surface area contributed by atoms with E-state index in [0.717, 1.165) is 19.5 Å². The molecule has 4 nitrogen and oxygen atoms in total. The largest absolute Gasteiger partial charge is 0.366 e. The summed E-state index contributed by atoms with van der Waals surface area (Å²) in [6.45, 7) is 4.18. The molecule has 1 saturated heterocycles. The zero-order chi connectivity index (χ0) is 10.7. The van der Waals surface area contributed by atoms with Crippen molar-refractivity contribution in [1.29, 1.82) is 0 Å². The highest BCUT2D eigenvalue weighted by Crippen LogP contribution is 2.24. The van der Waals surface area contributed by atoms with Crippen LogP contribution in [0.2, 0.25) is 0 Å². The number of carbonyl (C=O) groups is 1. The molecule has 2 N–H and O–H groups in total. The molecule has 2 unspecified atom stereocenters. The highest BCUT2D eigenvalue weighted by molar-refractivity contribution is 5.77. The van der Waals surface area contributed by atoms with Crippen molar-refractivity contribution >= 4 is 5.91 Å². The molecule has 1 saturated carbocycles. The van der Waals surface area contributed by atoms with Gasteiger partial charge < -0.3 is 15.4 Å². The van der Waals surface area contributed by atoms with Gasteiger partial charge in [-0.2, -0.15) is 0 Å². The topological polar surface area (TPSA) is 50.4 Å². The van der Waals surface area contributed by atoms with Crippen molar-refractivity contribution in [2.75, 3.05) is 19.7 Å². The molecule has 86 valence electrons. The van der Waals surface area contributed by atoms with Crippen LogP contribution in [-0.2, 0) is 9.53 Å². The third-order valence-electron chi connectivity index (χ3n) is 3.40. The second kappa shape index (κ2) is 4.94. The van der Waals surface area contributed by atoms with Gasteiger partial charge >= 0.3 is 0 Å². The van der Waals surface area contributed by atoms with Crippen molar-refractivity contribution in [2.45, 2.75) is 38.3 Å². The Bertz CT molecular complexity index is 229. The van der Waals surface area contributed by atoms with Gasteiger partial charge in [-0.05, 0) is 18.8 Å². The van der Waals surface area contributed by atoms with E-state index in [2.05, 4.69) is 17.6 Å². The van der Waals surface area contributed by atoms with E-state index in [1.165, 1.54) is 12.8 Å². The maximum Gasteiger partial charge on any atom is 0.246 e. The average Bonchev–Trinajstić information content (AvgIpc) is 2.49. The van der Waals surface area contributed by atoms with Gasteiger partial charge in [0.15, 0.2) is 0 Å². The summed E-state index contributed by atoms with van der Waals surface area (Å²) in [5.74, 6) is 0.667. The molecular formula is C11H20N2O2. The van der Waals surface area contributed by atoms with Crippen LogP contribution in [0.15, 0.2) is 0 Å². The van der Waals surface area contributed by atoms with E-state index in [9.17, 15) is 4.79 Å². The maximum atomic E-state index is 11.5. The molecule has 2 fully saturated rings. The van der Waals surface area contributed by atoms with Gasteiger partial charge in [0.25, 0.3) is 0 Å². The lowest BCUT2D eigenvalue weighted by Crippen LogP contribution is -2.50. The summed E-state index contributed by atoms with van der Waals surface area (Å²) in [5.41, 5.74) is 0. The van der Waals surface area contributed by atoms with Crippen molar-refractivity contribution in [1.82, 2.24) is 10.6 Å². The summed E-state index contributed by atoms with van der Waals surface area (Å²) in [7, 11) is 0. The summed E-state index contributed by atoms with van der Waals surface area (Å²) >= 11 is 0. The van der Waals surface area contributed by atoms with Crippen LogP contribution in [0.4, 0.5) is 0 Å². The predicted octanol–water partition coefficient (Wildman–Crippen LogP) is 0.280. The molecule has 2 aliphatic rings. The lowest BCUT2D eigenvalue weighted by Gasteiger charge is -2.27. The molecule has 4 heteroatoms. The van der Waals surface area contributed by atoms with Crippen LogP contribution < -0.4 is 10.6 Å². The standard InChI is InChI=1S/C11H20N2O2/c1-8-3-2-4-10(8)13-11(14)7-15-9-5-12-6-9/h8-10,12H,2-7H2,1H3,(H,13,14). The number of hydrogen-bond donors (Lipinski definition) is 2. The molecule has 1 aliphatic carbocycles. The zero-order valence-electron chi connectivity index (χ0n) is 9.29. The van der Waals surface area contributed by atoms with Gasteiger partial charge in [-0.1, -0.05) is 13.3 Å². The second-order valence-electron chi connectivity index (χ2n) is 4.67. The van der Waals surface area contributed by atoms with E-state index in [0.29, 0.717) is 12.0 Å². The van der Waals surface area contributed by atoms with E-state index < -0.39 is 0 Å². The Kier molecular flexibility index (Phi) is 3.59. The van der Waals surface area contributed by atoms with Gasteiger partial charge in [0.2, 0.25) is 5.91 Å². The first-order valence-corrected chi connectivity index (χ1v) is 5.87. The smallest absolute Gasteiger partial charge is 0.246 e. The Balaban J connectivity index is 1.62. The first kappa shape index (κ1) is 10.9. The third kappa shape index (κ3) is 2.92. The normalized spacial score (nSPS) is 31.3. The van der Waals surface area contributed by atoms with Crippen LogP contribution in [0.1, 0.15) is 26.2 Å². The molecule has 1 aliphatic heterocycles. The summed E-state index contributed by atoms with van der Waals surface area (Å²) in [6.07, 6.45) is 3.84. The molecule has 0 bridgehead atoms. The third-order valence-corrected chi connectivity index (χ3v) is 3.40. The van der Waals surface area contributed by atoms with Gasteiger partial charge in [-0.15, -0.1) is 0 Å². The average molecular weight is 212 g/mol. The number of nitrogens with one attached hydrogen (secondary N) is 2. The molecule has 15 heavy (non-hydrogen) atoms. The first-order chi connectivity index (χ1) is 7.25. The van der Waals surface area contributed by atoms with Crippen LogP contribution >= 0.6 is 0 Å². The molecule has 1 heterocycles. The van der Waals surface area contributed by atoms with Gasteiger partial charge in [-0.25, -0.2) is 0 Å². The second-order valence-corrected chi connectivity index (χ2v) is 4.67. The maximum absolute atomic E-state index is 11.5. The molecule has 0 radical (unpaired) electrons. The van der Waals surface area contributed by atoms with Gasteiger partial charge in [-0.3, -0.25) is 4.79 Å². The van der Waals surface area contributed by atoms with E-state index >= 15 is 0 Å². The lowest BCUT2D eigenvalue weighted by molar-refractivity contribution is -0.129. The molecule has 2 atom stereocenters. The number of rotatable bonds is 4. The SMILES string of the molecule is CC1CCCC1NC(=O)COC1CNC1. The van der Waals surface area contributed by atoms with E-state index in [1.54, 1.807) is 0 Å². The summed E-state index contributed by atoms with van der Waals surface area (Å²) in [4.78, 5) is 11.5. The van der Waals surface area contributed by atoms with Crippen molar-refractivity contribution in [2.24, 2.45) is 5.92 Å². The molecule has 0 aromatic heterocycles. The van der Waals surface area contributed by atoms with Crippen LogP contribution in [0, 0.1) is 5.92 Å². The van der Waals surface area contributed by atoms with Gasteiger partial charge in [0.05, 0.1) is 6.10 Å². The van der Waals surface area contributed by atoms with E-state index in [1.807, 2.05) is 0 Å². The first-order valence-electron chi connectivity index (χ1n) is 5.87. The van der Waals surface area contributed by atoms with Crippen molar-refractivity contribution in [3.8, 4) is 0 Å². The number of hydrogen-bond acceptors (Lipinski definition) is 3. The molecule has 0 spiro atoms. The highest BCUT2D eigenvalue weighted by atomic mass is 16.5. The lowest BCUT2D eigenvalue weighted by atomic mass is 10.1. The molecule has 2 rings (SSSR count). The highest BCUT2D eigenvalue weighted by Gasteiger charge is 2.25. The summed E-state index contributed by atoms with van der Waals surface area (Å²) < 4.78 is 5.41. The fourth-order valence-corrected chi connectivity index (χ4v) is 2.18. The van der Waals surface area contributed by atoms with Crippen LogP contribution in [0.25, 0.3) is 0 Å². The van der Waals surface area contributed by atoms with Crippen molar-refractivity contribution in [3.05, 3.63) is 0 Å². The fourth-order valence-electron chi connectivity index (χ4n) is 2.18. The minimum atomic E-state index is 0.0423.